The Hall–Kier alpha value is -2.45. The summed E-state index contributed by atoms with van der Waals surface area (Å²) in [6.45, 7) is 6.19. The van der Waals surface area contributed by atoms with Gasteiger partial charge in [0.25, 0.3) is 0 Å². The van der Waals surface area contributed by atoms with Gasteiger partial charge < -0.3 is 10.6 Å². The van der Waals surface area contributed by atoms with Crippen LogP contribution in [0.25, 0.3) is 0 Å². The molecule has 0 aliphatic carbocycles. The van der Waals surface area contributed by atoms with Crippen molar-refractivity contribution in [2.24, 2.45) is 0 Å². The van der Waals surface area contributed by atoms with Gasteiger partial charge in [0.15, 0.2) is 0 Å². The first-order valence-corrected chi connectivity index (χ1v) is 10.1. The Morgan fingerprint density at radius 3 is 2.11 bits per heavy atom. The van der Waals surface area contributed by atoms with E-state index in [1.54, 1.807) is 45.0 Å². The molecule has 146 valence electrons. The molecular formula is C19H24FN3O3S. The number of carbonyl (C=O) groups excluding carboxylic acids is 1. The molecule has 27 heavy (non-hydrogen) atoms. The third-order valence-corrected chi connectivity index (χ3v) is 6.24. The van der Waals surface area contributed by atoms with Crippen LogP contribution in [0.15, 0.2) is 53.4 Å². The van der Waals surface area contributed by atoms with Gasteiger partial charge in [0.2, 0.25) is 10.0 Å². The molecule has 1 atom stereocenters. The molecule has 8 heteroatoms. The van der Waals surface area contributed by atoms with Crippen molar-refractivity contribution in [2.75, 3.05) is 18.4 Å². The maximum atomic E-state index is 12.9. The van der Waals surface area contributed by atoms with Gasteiger partial charge >= 0.3 is 6.03 Å². The van der Waals surface area contributed by atoms with Crippen molar-refractivity contribution >= 4 is 21.7 Å². The van der Waals surface area contributed by atoms with Gasteiger partial charge in [-0.3, -0.25) is 0 Å². The SMILES string of the molecule is CCN(CC)S(=O)(=O)c1ccc(C(C)NC(=O)Nc2ccc(F)cc2)cc1. The van der Waals surface area contributed by atoms with Crippen LogP contribution >= 0.6 is 0 Å². The molecule has 0 saturated heterocycles. The summed E-state index contributed by atoms with van der Waals surface area (Å²) in [6.07, 6.45) is 0. The lowest BCUT2D eigenvalue weighted by molar-refractivity contribution is 0.249. The van der Waals surface area contributed by atoms with Crippen LogP contribution in [0.4, 0.5) is 14.9 Å². The molecule has 0 aliphatic rings. The predicted octanol–water partition coefficient (Wildman–Crippen LogP) is 3.74. The van der Waals surface area contributed by atoms with E-state index in [4.69, 9.17) is 0 Å². The number of amides is 2. The van der Waals surface area contributed by atoms with Crippen LogP contribution in [0.1, 0.15) is 32.4 Å². The number of rotatable bonds is 7. The Morgan fingerprint density at radius 2 is 1.59 bits per heavy atom. The van der Waals surface area contributed by atoms with E-state index in [-0.39, 0.29) is 16.8 Å². The minimum Gasteiger partial charge on any atom is -0.331 e. The first-order chi connectivity index (χ1) is 12.8. The average Bonchev–Trinajstić information content (AvgIpc) is 2.64. The van der Waals surface area contributed by atoms with Gasteiger partial charge in [-0.25, -0.2) is 17.6 Å². The molecular weight excluding hydrogens is 369 g/mol. The first-order valence-electron chi connectivity index (χ1n) is 8.71. The number of sulfonamides is 1. The number of anilines is 1. The fraction of sp³-hybridized carbons (Fsp3) is 0.316. The Kier molecular flexibility index (Phi) is 6.92. The highest BCUT2D eigenvalue weighted by Gasteiger charge is 2.21. The molecule has 0 radical (unpaired) electrons. The number of halogens is 1. The number of hydrogen-bond donors (Lipinski definition) is 2. The topological polar surface area (TPSA) is 78.5 Å². The molecule has 0 saturated carbocycles. The molecule has 0 spiro atoms. The van der Waals surface area contributed by atoms with Gasteiger partial charge in [-0.1, -0.05) is 26.0 Å². The van der Waals surface area contributed by atoms with E-state index in [1.165, 1.54) is 28.6 Å². The third-order valence-electron chi connectivity index (χ3n) is 4.17. The minimum absolute atomic E-state index is 0.220. The third kappa shape index (κ3) is 5.27. The lowest BCUT2D eigenvalue weighted by Gasteiger charge is -2.19. The second-order valence-electron chi connectivity index (χ2n) is 5.99. The fourth-order valence-corrected chi connectivity index (χ4v) is 4.08. The highest BCUT2D eigenvalue weighted by molar-refractivity contribution is 7.89. The molecule has 1 unspecified atom stereocenters. The number of carbonyl (C=O) groups is 1. The van der Waals surface area contributed by atoms with Crippen LogP contribution in [0.3, 0.4) is 0 Å². The smallest absolute Gasteiger partial charge is 0.319 e. The molecule has 2 aromatic carbocycles. The largest absolute Gasteiger partial charge is 0.331 e. The van der Waals surface area contributed by atoms with Gasteiger partial charge in [0.1, 0.15) is 5.82 Å². The number of hydrogen-bond acceptors (Lipinski definition) is 3. The van der Waals surface area contributed by atoms with Gasteiger partial charge in [-0.05, 0) is 48.9 Å². The summed E-state index contributed by atoms with van der Waals surface area (Å²) >= 11 is 0. The van der Waals surface area contributed by atoms with Crippen LogP contribution in [-0.4, -0.2) is 31.8 Å². The zero-order chi connectivity index (χ0) is 20.0. The molecule has 0 bridgehead atoms. The van der Waals surface area contributed by atoms with Crippen LogP contribution in [0.2, 0.25) is 0 Å². The zero-order valence-electron chi connectivity index (χ0n) is 15.6. The van der Waals surface area contributed by atoms with E-state index in [0.717, 1.165) is 5.56 Å². The number of nitrogens with one attached hydrogen (secondary N) is 2. The Labute approximate surface area is 159 Å². The van der Waals surface area contributed by atoms with Crippen molar-refractivity contribution in [1.29, 1.82) is 0 Å². The summed E-state index contributed by atoms with van der Waals surface area (Å²) in [7, 11) is -3.51. The number of benzene rings is 2. The van der Waals surface area contributed by atoms with Crippen LogP contribution in [0.5, 0.6) is 0 Å². The summed E-state index contributed by atoms with van der Waals surface area (Å²) in [6, 6.07) is 11.1. The Balaban J connectivity index is 2.03. The van der Waals surface area contributed by atoms with Crippen LogP contribution < -0.4 is 10.6 Å². The highest BCUT2D eigenvalue weighted by atomic mass is 32.2. The van der Waals surface area contributed by atoms with Crippen molar-refractivity contribution in [1.82, 2.24) is 9.62 Å². The fourth-order valence-electron chi connectivity index (χ4n) is 2.62. The van der Waals surface area contributed by atoms with Crippen molar-refractivity contribution < 1.29 is 17.6 Å². The van der Waals surface area contributed by atoms with Gasteiger partial charge in [-0.2, -0.15) is 4.31 Å². The molecule has 2 N–H and O–H groups in total. The molecule has 0 fully saturated rings. The molecule has 2 aromatic rings. The van der Waals surface area contributed by atoms with Crippen LogP contribution in [0, 0.1) is 5.82 Å². The van der Waals surface area contributed by atoms with E-state index in [0.29, 0.717) is 18.8 Å². The van der Waals surface area contributed by atoms with Crippen LogP contribution in [-0.2, 0) is 10.0 Å². The van der Waals surface area contributed by atoms with E-state index in [9.17, 15) is 17.6 Å². The lowest BCUT2D eigenvalue weighted by atomic mass is 10.1. The summed E-state index contributed by atoms with van der Waals surface area (Å²) in [5.41, 5.74) is 1.24. The molecule has 2 amide bonds. The number of nitrogens with zero attached hydrogens (tertiary/aromatic N) is 1. The van der Waals surface area contributed by atoms with Gasteiger partial charge in [0, 0.05) is 18.8 Å². The number of urea groups is 1. The maximum Gasteiger partial charge on any atom is 0.319 e. The second-order valence-corrected chi connectivity index (χ2v) is 7.92. The monoisotopic (exact) mass is 393 g/mol. The summed E-state index contributed by atoms with van der Waals surface area (Å²) in [5.74, 6) is -0.380. The van der Waals surface area contributed by atoms with Crippen molar-refractivity contribution in [3.05, 3.63) is 59.9 Å². The predicted molar refractivity (Wildman–Crippen MR) is 104 cm³/mol. The molecule has 6 nitrogen and oxygen atoms in total. The average molecular weight is 393 g/mol. The van der Waals surface area contributed by atoms with E-state index >= 15 is 0 Å². The van der Waals surface area contributed by atoms with Crippen molar-refractivity contribution in [3.63, 3.8) is 0 Å². The minimum atomic E-state index is -3.51. The molecule has 0 aliphatic heterocycles. The highest BCUT2D eigenvalue weighted by Crippen LogP contribution is 2.19. The second kappa shape index (κ2) is 8.96. The Morgan fingerprint density at radius 1 is 1.04 bits per heavy atom. The maximum absolute atomic E-state index is 12.9. The molecule has 2 rings (SSSR count). The molecule has 0 heterocycles. The van der Waals surface area contributed by atoms with Gasteiger partial charge in [0.05, 0.1) is 10.9 Å². The van der Waals surface area contributed by atoms with E-state index in [2.05, 4.69) is 10.6 Å². The van der Waals surface area contributed by atoms with Crippen molar-refractivity contribution in [2.45, 2.75) is 31.7 Å². The Bertz CT molecular complexity index is 864. The molecule has 0 aromatic heterocycles. The van der Waals surface area contributed by atoms with Crippen molar-refractivity contribution in [3.8, 4) is 0 Å². The summed E-state index contributed by atoms with van der Waals surface area (Å²) in [4.78, 5) is 12.3. The summed E-state index contributed by atoms with van der Waals surface area (Å²) < 4.78 is 39.3. The zero-order valence-corrected chi connectivity index (χ0v) is 16.4. The summed E-state index contributed by atoms with van der Waals surface area (Å²) in [5, 5.41) is 5.38. The standard InChI is InChI=1S/C19H24FN3O3S/c1-4-23(5-2)27(25,26)18-12-6-15(7-13-18)14(3)21-19(24)22-17-10-8-16(20)9-11-17/h6-14H,4-5H2,1-3H3,(H2,21,22,24). The van der Waals surface area contributed by atoms with E-state index in [1.807, 2.05) is 0 Å². The first kappa shape index (κ1) is 20.9. The lowest BCUT2D eigenvalue weighted by Crippen LogP contribution is -2.31. The normalized spacial score (nSPS) is 12.6. The van der Waals surface area contributed by atoms with E-state index < -0.39 is 16.1 Å². The van der Waals surface area contributed by atoms with Gasteiger partial charge in [-0.15, -0.1) is 0 Å². The quantitative estimate of drug-likeness (QED) is 0.752.